The molecule has 1 fully saturated rings. The van der Waals surface area contributed by atoms with E-state index in [1.54, 1.807) is 18.2 Å². The van der Waals surface area contributed by atoms with Crippen LogP contribution in [-0.4, -0.2) is 30.2 Å². The zero-order valence-electron chi connectivity index (χ0n) is 8.18. The van der Waals surface area contributed by atoms with Crippen LogP contribution in [0.2, 0.25) is 0 Å². The minimum atomic E-state index is -0.489. The van der Waals surface area contributed by atoms with Gasteiger partial charge in [0.05, 0.1) is 17.5 Å². The van der Waals surface area contributed by atoms with E-state index in [-0.39, 0.29) is 6.10 Å². The molecular formula is C10H13N3O2. The molecule has 0 aromatic heterocycles. The van der Waals surface area contributed by atoms with Crippen molar-refractivity contribution in [3.63, 3.8) is 0 Å². The van der Waals surface area contributed by atoms with Crippen LogP contribution in [0.4, 0.5) is 11.4 Å². The summed E-state index contributed by atoms with van der Waals surface area (Å²) < 4.78 is 0. The van der Waals surface area contributed by atoms with Crippen molar-refractivity contribution in [2.24, 2.45) is 5.73 Å². The first-order valence-corrected chi connectivity index (χ1v) is 4.70. The van der Waals surface area contributed by atoms with Crippen molar-refractivity contribution in [3.8, 4) is 0 Å². The Bertz CT molecular complexity index is 400. The average molecular weight is 207 g/mol. The van der Waals surface area contributed by atoms with E-state index in [1.807, 2.05) is 4.90 Å². The molecule has 1 saturated heterocycles. The molecule has 0 radical (unpaired) electrons. The Balaban J connectivity index is 2.23. The first-order chi connectivity index (χ1) is 7.08. The molecular weight excluding hydrogens is 194 g/mol. The van der Waals surface area contributed by atoms with E-state index in [0.717, 1.165) is 5.69 Å². The number of nitrogen functional groups attached to an aromatic ring is 1. The molecule has 1 amide bonds. The summed E-state index contributed by atoms with van der Waals surface area (Å²) in [6.07, 6.45) is -0.278. The first-order valence-electron chi connectivity index (χ1n) is 4.70. The lowest BCUT2D eigenvalue weighted by Crippen LogP contribution is -2.51. The molecule has 0 aliphatic carbocycles. The van der Waals surface area contributed by atoms with E-state index in [2.05, 4.69) is 0 Å². The number of primary amides is 1. The molecule has 5 heteroatoms. The molecule has 1 aliphatic rings. The highest BCUT2D eigenvalue weighted by atomic mass is 16.3. The summed E-state index contributed by atoms with van der Waals surface area (Å²) in [4.78, 5) is 12.8. The number of β-amino-alcohol motifs (C(OH)–C–C–N with tert-alkyl or cyclic N) is 1. The minimum absolute atomic E-state index is 0.278. The summed E-state index contributed by atoms with van der Waals surface area (Å²) in [5.74, 6) is -0.489. The molecule has 0 spiro atoms. The highest BCUT2D eigenvalue weighted by Gasteiger charge is 2.25. The van der Waals surface area contributed by atoms with E-state index in [1.165, 1.54) is 0 Å². The van der Waals surface area contributed by atoms with Crippen LogP contribution in [0.3, 0.4) is 0 Å². The van der Waals surface area contributed by atoms with E-state index >= 15 is 0 Å². The number of aliphatic hydroxyl groups excluding tert-OH is 1. The van der Waals surface area contributed by atoms with Gasteiger partial charge in [-0.25, -0.2) is 0 Å². The quantitative estimate of drug-likeness (QED) is 0.572. The molecule has 2 rings (SSSR count). The third kappa shape index (κ3) is 1.73. The van der Waals surface area contributed by atoms with Crippen molar-refractivity contribution in [2.45, 2.75) is 6.10 Å². The summed E-state index contributed by atoms with van der Waals surface area (Å²) in [7, 11) is 0. The van der Waals surface area contributed by atoms with Gasteiger partial charge in [0.2, 0.25) is 5.91 Å². The fraction of sp³-hybridized carbons (Fsp3) is 0.300. The number of hydrogen-bond acceptors (Lipinski definition) is 4. The average Bonchev–Trinajstić information content (AvgIpc) is 2.13. The molecule has 15 heavy (non-hydrogen) atoms. The standard InChI is InChI=1S/C10H13N3O2/c11-8-3-6(10(12)15)1-2-9(8)13-4-7(14)5-13/h1-3,7,14H,4-5,11H2,(H2,12,15). The largest absolute Gasteiger partial charge is 0.397 e. The lowest BCUT2D eigenvalue weighted by atomic mass is 10.1. The molecule has 1 aromatic rings. The lowest BCUT2D eigenvalue weighted by Gasteiger charge is -2.38. The Morgan fingerprint density at radius 2 is 2.13 bits per heavy atom. The second kappa shape index (κ2) is 3.43. The molecule has 1 aliphatic heterocycles. The smallest absolute Gasteiger partial charge is 0.248 e. The van der Waals surface area contributed by atoms with Crippen molar-refractivity contribution in [3.05, 3.63) is 23.8 Å². The van der Waals surface area contributed by atoms with Crippen LogP contribution in [0.5, 0.6) is 0 Å². The third-order valence-electron chi connectivity index (χ3n) is 2.52. The second-order valence-corrected chi connectivity index (χ2v) is 3.70. The Morgan fingerprint density at radius 1 is 1.47 bits per heavy atom. The van der Waals surface area contributed by atoms with Crippen LogP contribution in [0.25, 0.3) is 0 Å². The molecule has 0 bridgehead atoms. The topological polar surface area (TPSA) is 92.6 Å². The molecule has 5 nitrogen and oxygen atoms in total. The number of hydrogen-bond donors (Lipinski definition) is 3. The monoisotopic (exact) mass is 207 g/mol. The number of amides is 1. The molecule has 0 unspecified atom stereocenters. The number of rotatable bonds is 2. The number of carbonyl (C=O) groups is 1. The Labute approximate surface area is 87.3 Å². The maximum atomic E-state index is 10.9. The molecule has 0 saturated carbocycles. The Morgan fingerprint density at radius 3 is 2.60 bits per heavy atom. The van der Waals surface area contributed by atoms with Crippen LogP contribution in [0.1, 0.15) is 10.4 Å². The van der Waals surface area contributed by atoms with Crippen LogP contribution in [-0.2, 0) is 0 Å². The van der Waals surface area contributed by atoms with E-state index in [9.17, 15) is 4.79 Å². The number of carbonyl (C=O) groups excluding carboxylic acids is 1. The van der Waals surface area contributed by atoms with Gasteiger partial charge in [-0.15, -0.1) is 0 Å². The van der Waals surface area contributed by atoms with Gasteiger partial charge in [0, 0.05) is 18.7 Å². The maximum Gasteiger partial charge on any atom is 0.248 e. The number of benzene rings is 1. The van der Waals surface area contributed by atoms with Crippen LogP contribution < -0.4 is 16.4 Å². The van der Waals surface area contributed by atoms with E-state index < -0.39 is 5.91 Å². The normalized spacial score (nSPS) is 16.2. The lowest BCUT2D eigenvalue weighted by molar-refractivity contribution is 0.1000. The van der Waals surface area contributed by atoms with Crippen molar-refractivity contribution < 1.29 is 9.90 Å². The number of anilines is 2. The predicted molar refractivity (Wildman–Crippen MR) is 57.6 cm³/mol. The maximum absolute atomic E-state index is 10.9. The van der Waals surface area contributed by atoms with E-state index in [4.69, 9.17) is 16.6 Å². The zero-order valence-corrected chi connectivity index (χ0v) is 8.18. The fourth-order valence-corrected chi connectivity index (χ4v) is 1.65. The van der Waals surface area contributed by atoms with Gasteiger partial charge < -0.3 is 21.5 Å². The van der Waals surface area contributed by atoms with E-state index in [0.29, 0.717) is 24.3 Å². The molecule has 80 valence electrons. The highest BCUT2D eigenvalue weighted by Crippen LogP contribution is 2.28. The van der Waals surface area contributed by atoms with Crippen molar-refractivity contribution >= 4 is 17.3 Å². The highest BCUT2D eigenvalue weighted by molar-refractivity contribution is 5.95. The fourth-order valence-electron chi connectivity index (χ4n) is 1.65. The number of nitrogens with zero attached hydrogens (tertiary/aromatic N) is 1. The van der Waals surface area contributed by atoms with Crippen molar-refractivity contribution in [1.29, 1.82) is 0 Å². The summed E-state index contributed by atoms with van der Waals surface area (Å²) in [5, 5.41) is 9.16. The van der Waals surface area contributed by atoms with Gasteiger partial charge >= 0.3 is 0 Å². The Kier molecular flexibility index (Phi) is 2.24. The van der Waals surface area contributed by atoms with Gasteiger partial charge in [0.15, 0.2) is 0 Å². The molecule has 1 aromatic carbocycles. The Hall–Kier alpha value is -1.75. The molecule has 5 N–H and O–H groups in total. The van der Waals surface area contributed by atoms with Gasteiger partial charge in [0.1, 0.15) is 0 Å². The SMILES string of the molecule is NC(=O)c1ccc(N2CC(O)C2)c(N)c1. The summed E-state index contributed by atoms with van der Waals surface area (Å²) in [5.41, 5.74) is 12.7. The minimum Gasteiger partial charge on any atom is -0.397 e. The van der Waals surface area contributed by atoms with Crippen molar-refractivity contribution in [2.75, 3.05) is 23.7 Å². The van der Waals surface area contributed by atoms with Gasteiger partial charge in [-0.05, 0) is 18.2 Å². The van der Waals surface area contributed by atoms with Crippen molar-refractivity contribution in [1.82, 2.24) is 0 Å². The molecule has 1 heterocycles. The summed E-state index contributed by atoms with van der Waals surface area (Å²) in [6, 6.07) is 4.95. The predicted octanol–water partition coefficient (Wildman–Crippen LogP) is -0.451. The first kappa shape index (κ1) is 9.79. The summed E-state index contributed by atoms with van der Waals surface area (Å²) >= 11 is 0. The zero-order chi connectivity index (χ0) is 11.0. The van der Waals surface area contributed by atoms with Crippen LogP contribution in [0.15, 0.2) is 18.2 Å². The summed E-state index contributed by atoms with van der Waals surface area (Å²) in [6.45, 7) is 1.17. The van der Waals surface area contributed by atoms with Crippen LogP contribution in [0, 0.1) is 0 Å². The van der Waals surface area contributed by atoms with Gasteiger partial charge in [0.25, 0.3) is 0 Å². The molecule has 0 atom stereocenters. The van der Waals surface area contributed by atoms with Gasteiger partial charge in [-0.1, -0.05) is 0 Å². The number of aliphatic hydroxyl groups is 1. The van der Waals surface area contributed by atoms with Gasteiger partial charge in [-0.3, -0.25) is 4.79 Å². The van der Waals surface area contributed by atoms with Gasteiger partial charge in [-0.2, -0.15) is 0 Å². The number of nitrogens with two attached hydrogens (primary N) is 2. The second-order valence-electron chi connectivity index (χ2n) is 3.70. The third-order valence-corrected chi connectivity index (χ3v) is 2.52. The van der Waals surface area contributed by atoms with Crippen LogP contribution >= 0.6 is 0 Å².